The third-order valence-corrected chi connectivity index (χ3v) is 4.82. The zero-order chi connectivity index (χ0) is 18.4. The lowest BCUT2D eigenvalue weighted by Gasteiger charge is -2.23. The zero-order valence-corrected chi connectivity index (χ0v) is 15.3. The molecule has 7 heteroatoms. The quantitative estimate of drug-likeness (QED) is 0.819. The molecule has 0 saturated carbocycles. The van der Waals surface area contributed by atoms with E-state index in [1.165, 1.54) is 11.4 Å². The Hall–Kier alpha value is -2.54. The van der Waals surface area contributed by atoms with Crippen molar-refractivity contribution in [2.75, 3.05) is 30.8 Å². The van der Waals surface area contributed by atoms with Crippen LogP contribution in [0.3, 0.4) is 0 Å². The summed E-state index contributed by atoms with van der Waals surface area (Å²) in [6.45, 7) is 2.24. The van der Waals surface area contributed by atoms with Crippen molar-refractivity contribution in [3.63, 3.8) is 0 Å². The summed E-state index contributed by atoms with van der Waals surface area (Å²) in [7, 11) is -1.92. The molecule has 0 heterocycles. The van der Waals surface area contributed by atoms with E-state index < -0.39 is 10.0 Å². The molecule has 0 aromatic heterocycles. The third kappa shape index (κ3) is 5.22. The number of methoxy groups -OCH3 is 1. The highest BCUT2D eigenvalue weighted by Gasteiger charge is 2.17. The molecular weight excluding hydrogens is 340 g/mol. The zero-order valence-electron chi connectivity index (χ0n) is 14.5. The first kappa shape index (κ1) is 18.8. The minimum Gasteiger partial charge on any atom is -0.497 e. The van der Waals surface area contributed by atoms with E-state index in [1.807, 2.05) is 13.0 Å². The molecule has 2 aromatic rings. The number of benzene rings is 2. The second-order valence-corrected chi connectivity index (χ2v) is 7.57. The van der Waals surface area contributed by atoms with Crippen LogP contribution < -0.4 is 14.4 Å². The Morgan fingerprint density at radius 2 is 1.88 bits per heavy atom. The number of sulfonamides is 1. The van der Waals surface area contributed by atoms with E-state index in [0.29, 0.717) is 17.0 Å². The number of nitrogens with zero attached hydrogens (tertiary/aromatic N) is 1. The van der Waals surface area contributed by atoms with Gasteiger partial charge in [0.05, 0.1) is 25.6 Å². The largest absolute Gasteiger partial charge is 0.497 e. The normalized spacial score (nSPS) is 11.0. The fourth-order valence-electron chi connectivity index (χ4n) is 2.41. The Bertz CT molecular complexity index is 850. The van der Waals surface area contributed by atoms with Crippen LogP contribution in [-0.4, -0.2) is 40.8 Å². The minimum atomic E-state index is -3.45. The fourth-order valence-corrected chi connectivity index (χ4v) is 3.33. The third-order valence-electron chi connectivity index (χ3n) is 3.62. The van der Waals surface area contributed by atoms with Crippen molar-refractivity contribution in [2.24, 2.45) is 0 Å². The average molecular weight is 362 g/mol. The van der Waals surface area contributed by atoms with E-state index in [0.717, 1.165) is 11.8 Å². The van der Waals surface area contributed by atoms with Crippen LogP contribution in [0.25, 0.3) is 0 Å². The van der Waals surface area contributed by atoms with Gasteiger partial charge in [0.1, 0.15) is 5.75 Å². The predicted octanol–water partition coefficient (Wildman–Crippen LogP) is 2.20. The lowest BCUT2D eigenvalue weighted by molar-refractivity contribution is 0.0954. The average Bonchev–Trinajstić information content (AvgIpc) is 2.57. The Labute approximate surface area is 148 Å². The Kier molecular flexibility index (Phi) is 6.03. The summed E-state index contributed by atoms with van der Waals surface area (Å²) in [4.78, 5) is 12.2. The van der Waals surface area contributed by atoms with E-state index in [1.54, 1.807) is 42.5 Å². The van der Waals surface area contributed by atoms with Crippen LogP contribution in [0.4, 0.5) is 5.69 Å². The van der Waals surface area contributed by atoms with Crippen molar-refractivity contribution >= 4 is 21.6 Å². The second-order valence-electron chi connectivity index (χ2n) is 5.66. The number of hydrogen-bond acceptors (Lipinski definition) is 4. The highest BCUT2D eigenvalue weighted by molar-refractivity contribution is 7.92. The molecule has 1 amide bonds. The maximum atomic E-state index is 12.2. The van der Waals surface area contributed by atoms with Gasteiger partial charge in [-0.2, -0.15) is 0 Å². The molecular formula is C18H22N2O4S. The van der Waals surface area contributed by atoms with E-state index in [4.69, 9.17) is 4.74 Å². The number of anilines is 1. The number of rotatable bonds is 7. The van der Waals surface area contributed by atoms with Gasteiger partial charge >= 0.3 is 0 Å². The van der Waals surface area contributed by atoms with Gasteiger partial charge in [0.2, 0.25) is 10.0 Å². The summed E-state index contributed by atoms with van der Waals surface area (Å²) in [5, 5.41) is 2.74. The molecule has 0 unspecified atom stereocenters. The molecule has 0 saturated heterocycles. The summed E-state index contributed by atoms with van der Waals surface area (Å²) < 4.78 is 30.5. The molecule has 0 aliphatic rings. The molecule has 0 aliphatic carbocycles. The number of aryl methyl sites for hydroxylation is 1. The summed E-state index contributed by atoms with van der Waals surface area (Å²) in [5.74, 6) is 0.307. The van der Waals surface area contributed by atoms with Gasteiger partial charge in [-0.1, -0.05) is 18.2 Å². The summed E-state index contributed by atoms with van der Waals surface area (Å²) in [5.41, 5.74) is 2.01. The molecule has 0 aliphatic heterocycles. The van der Waals surface area contributed by atoms with Crippen LogP contribution in [0.1, 0.15) is 15.9 Å². The van der Waals surface area contributed by atoms with Gasteiger partial charge in [0, 0.05) is 12.1 Å². The minimum absolute atomic E-state index is 0.151. The molecule has 0 spiro atoms. The molecule has 2 rings (SSSR count). The first-order valence-corrected chi connectivity index (χ1v) is 9.63. The van der Waals surface area contributed by atoms with Crippen molar-refractivity contribution in [1.29, 1.82) is 0 Å². The van der Waals surface area contributed by atoms with Gasteiger partial charge in [-0.3, -0.25) is 9.10 Å². The van der Waals surface area contributed by atoms with Crippen LogP contribution in [0.5, 0.6) is 5.75 Å². The maximum Gasteiger partial charge on any atom is 0.251 e. The molecule has 1 N–H and O–H groups in total. The summed E-state index contributed by atoms with van der Waals surface area (Å²) in [6.07, 6.45) is 1.15. The van der Waals surface area contributed by atoms with E-state index in [9.17, 15) is 13.2 Å². The van der Waals surface area contributed by atoms with E-state index in [2.05, 4.69) is 5.32 Å². The van der Waals surface area contributed by atoms with Crippen molar-refractivity contribution in [3.05, 3.63) is 59.7 Å². The monoisotopic (exact) mass is 362 g/mol. The van der Waals surface area contributed by atoms with Gasteiger partial charge in [-0.05, 0) is 42.8 Å². The maximum absolute atomic E-state index is 12.2. The lowest BCUT2D eigenvalue weighted by atomic mass is 10.2. The Morgan fingerprint density at radius 3 is 2.52 bits per heavy atom. The van der Waals surface area contributed by atoms with Crippen molar-refractivity contribution in [1.82, 2.24) is 5.32 Å². The number of carbonyl (C=O) groups is 1. The SMILES string of the molecule is COc1cccc(C(=O)NCCN(c2cccc(C)c2)S(C)(=O)=O)c1. The summed E-state index contributed by atoms with van der Waals surface area (Å²) in [6, 6.07) is 14.0. The molecule has 25 heavy (non-hydrogen) atoms. The topological polar surface area (TPSA) is 75.7 Å². The Morgan fingerprint density at radius 1 is 1.16 bits per heavy atom. The van der Waals surface area contributed by atoms with Crippen LogP contribution in [0, 0.1) is 6.92 Å². The van der Waals surface area contributed by atoms with Gasteiger partial charge in [-0.25, -0.2) is 8.42 Å². The smallest absolute Gasteiger partial charge is 0.251 e. The van der Waals surface area contributed by atoms with Crippen LogP contribution in [-0.2, 0) is 10.0 Å². The lowest BCUT2D eigenvalue weighted by Crippen LogP contribution is -2.38. The van der Waals surface area contributed by atoms with Crippen LogP contribution in [0.2, 0.25) is 0 Å². The van der Waals surface area contributed by atoms with Crippen molar-refractivity contribution in [2.45, 2.75) is 6.92 Å². The molecule has 2 aromatic carbocycles. The number of ether oxygens (including phenoxy) is 1. The van der Waals surface area contributed by atoms with Crippen LogP contribution in [0.15, 0.2) is 48.5 Å². The van der Waals surface area contributed by atoms with Crippen LogP contribution >= 0.6 is 0 Å². The molecule has 6 nitrogen and oxygen atoms in total. The first-order valence-electron chi connectivity index (χ1n) is 7.78. The first-order chi connectivity index (χ1) is 11.8. The highest BCUT2D eigenvalue weighted by atomic mass is 32.2. The van der Waals surface area contributed by atoms with Crippen molar-refractivity contribution < 1.29 is 17.9 Å². The number of nitrogens with one attached hydrogen (secondary N) is 1. The Balaban J connectivity index is 2.05. The predicted molar refractivity (Wildman–Crippen MR) is 98.7 cm³/mol. The second kappa shape index (κ2) is 8.02. The van der Waals surface area contributed by atoms with E-state index >= 15 is 0 Å². The molecule has 0 bridgehead atoms. The molecule has 0 atom stereocenters. The summed E-state index contributed by atoms with van der Waals surface area (Å²) >= 11 is 0. The highest BCUT2D eigenvalue weighted by Crippen LogP contribution is 2.18. The number of hydrogen-bond donors (Lipinski definition) is 1. The van der Waals surface area contributed by atoms with Gasteiger partial charge in [-0.15, -0.1) is 0 Å². The van der Waals surface area contributed by atoms with E-state index in [-0.39, 0.29) is 19.0 Å². The van der Waals surface area contributed by atoms with Gasteiger partial charge < -0.3 is 10.1 Å². The number of carbonyl (C=O) groups excluding carboxylic acids is 1. The molecule has 0 radical (unpaired) electrons. The molecule has 134 valence electrons. The van der Waals surface area contributed by atoms with Gasteiger partial charge in [0.15, 0.2) is 0 Å². The standard InChI is InChI=1S/C18H22N2O4S/c1-14-6-4-8-16(12-14)20(25(3,22)23)11-10-19-18(21)15-7-5-9-17(13-15)24-2/h4-9,12-13H,10-11H2,1-3H3,(H,19,21). The molecule has 0 fully saturated rings. The number of amides is 1. The fraction of sp³-hybridized carbons (Fsp3) is 0.278. The van der Waals surface area contributed by atoms with Crippen molar-refractivity contribution in [3.8, 4) is 5.75 Å². The van der Waals surface area contributed by atoms with Gasteiger partial charge in [0.25, 0.3) is 5.91 Å².